The maximum Gasteiger partial charge on any atom is 0.307 e. The van der Waals surface area contributed by atoms with Crippen molar-refractivity contribution < 1.29 is 14.3 Å². The zero-order valence-corrected chi connectivity index (χ0v) is 13.7. The Labute approximate surface area is 136 Å². The predicted molar refractivity (Wildman–Crippen MR) is 88.6 cm³/mol. The second-order valence-electron chi connectivity index (χ2n) is 5.56. The van der Waals surface area contributed by atoms with Crippen LogP contribution in [0.1, 0.15) is 30.6 Å². The molecule has 0 radical (unpaired) electrons. The molecule has 0 aliphatic carbocycles. The number of amides is 1. The van der Waals surface area contributed by atoms with Gasteiger partial charge in [0.15, 0.2) is 0 Å². The van der Waals surface area contributed by atoms with Gasteiger partial charge in [0.2, 0.25) is 0 Å². The first kappa shape index (κ1) is 16.8. The lowest BCUT2D eigenvalue weighted by atomic mass is 10.1. The maximum atomic E-state index is 12.7. The van der Waals surface area contributed by atoms with Gasteiger partial charge in [-0.3, -0.25) is 9.59 Å². The van der Waals surface area contributed by atoms with Crippen molar-refractivity contribution in [3.63, 3.8) is 0 Å². The summed E-state index contributed by atoms with van der Waals surface area (Å²) in [5.41, 5.74) is 1.61. The van der Waals surface area contributed by atoms with E-state index in [1.807, 2.05) is 67.2 Å². The Morgan fingerprint density at radius 3 is 2.26 bits per heavy atom. The van der Waals surface area contributed by atoms with Gasteiger partial charge in [-0.1, -0.05) is 0 Å². The van der Waals surface area contributed by atoms with Gasteiger partial charge in [0.05, 0.1) is 13.5 Å². The third kappa shape index (κ3) is 4.22. The van der Waals surface area contributed by atoms with Crippen molar-refractivity contribution in [2.75, 3.05) is 13.7 Å². The fourth-order valence-electron chi connectivity index (χ4n) is 2.36. The highest BCUT2D eigenvalue weighted by Crippen LogP contribution is 2.14. The van der Waals surface area contributed by atoms with Crippen LogP contribution in [0.3, 0.4) is 0 Å². The predicted octanol–water partition coefficient (Wildman–Crippen LogP) is 2.89. The molecule has 0 N–H and O–H groups in total. The van der Waals surface area contributed by atoms with Gasteiger partial charge >= 0.3 is 5.97 Å². The largest absolute Gasteiger partial charge is 0.469 e. The number of aromatic nitrogens is 1. The number of rotatable bonds is 6. The molecule has 1 amide bonds. The first-order valence-corrected chi connectivity index (χ1v) is 7.64. The number of hydrogen-bond donors (Lipinski definition) is 0. The molecule has 0 saturated carbocycles. The molecule has 1 aromatic heterocycles. The van der Waals surface area contributed by atoms with Crippen LogP contribution in [0.25, 0.3) is 5.69 Å². The molecule has 0 spiro atoms. The average Bonchev–Trinajstić information content (AvgIpc) is 3.09. The van der Waals surface area contributed by atoms with Crippen LogP contribution in [0.4, 0.5) is 0 Å². The molecule has 2 aromatic rings. The molecule has 0 aliphatic heterocycles. The molecule has 0 atom stereocenters. The minimum atomic E-state index is -0.314. The summed E-state index contributed by atoms with van der Waals surface area (Å²) in [7, 11) is 1.35. The van der Waals surface area contributed by atoms with Crippen LogP contribution < -0.4 is 0 Å². The number of carbonyl (C=O) groups is 2. The van der Waals surface area contributed by atoms with Gasteiger partial charge in [-0.2, -0.15) is 0 Å². The van der Waals surface area contributed by atoms with Crippen LogP contribution in [0.5, 0.6) is 0 Å². The highest BCUT2D eigenvalue weighted by atomic mass is 16.5. The van der Waals surface area contributed by atoms with Gasteiger partial charge in [0.25, 0.3) is 5.91 Å². The SMILES string of the molecule is COC(=O)CCN(C(=O)c1ccc(-n2cccc2)cc1)C(C)C. The molecular weight excluding hydrogens is 292 g/mol. The molecule has 0 bridgehead atoms. The maximum absolute atomic E-state index is 12.7. The normalized spacial score (nSPS) is 10.6. The van der Waals surface area contributed by atoms with E-state index in [0.29, 0.717) is 12.1 Å². The fraction of sp³-hybridized carbons (Fsp3) is 0.333. The van der Waals surface area contributed by atoms with E-state index in [-0.39, 0.29) is 24.3 Å². The molecule has 23 heavy (non-hydrogen) atoms. The first-order chi connectivity index (χ1) is 11.0. The number of hydrogen-bond acceptors (Lipinski definition) is 3. The molecule has 5 heteroatoms. The van der Waals surface area contributed by atoms with E-state index < -0.39 is 0 Å². The number of methoxy groups -OCH3 is 1. The summed E-state index contributed by atoms with van der Waals surface area (Å²) in [5.74, 6) is -0.394. The lowest BCUT2D eigenvalue weighted by molar-refractivity contribution is -0.140. The quantitative estimate of drug-likeness (QED) is 0.770. The lowest BCUT2D eigenvalue weighted by Crippen LogP contribution is -2.38. The molecule has 0 saturated heterocycles. The zero-order chi connectivity index (χ0) is 16.8. The van der Waals surface area contributed by atoms with Crippen LogP contribution in [-0.2, 0) is 9.53 Å². The molecule has 1 aromatic carbocycles. The van der Waals surface area contributed by atoms with Crippen molar-refractivity contribution in [1.29, 1.82) is 0 Å². The van der Waals surface area contributed by atoms with Gasteiger partial charge in [0.1, 0.15) is 0 Å². The smallest absolute Gasteiger partial charge is 0.307 e. The van der Waals surface area contributed by atoms with E-state index in [1.165, 1.54) is 7.11 Å². The van der Waals surface area contributed by atoms with Crippen molar-refractivity contribution in [2.24, 2.45) is 0 Å². The monoisotopic (exact) mass is 314 g/mol. The molecule has 0 aliphatic rings. The van der Waals surface area contributed by atoms with Crippen LogP contribution in [-0.4, -0.2) is 41.0 Å². The number of ether oxygens (including phenoxy) is 1. The van der Waals surface area contributed by atoms with E-state index in [0.717, 1.165) is 5.69 Å². The Morgan fingerprint density at radius 1 is 1.13 bits per heavy atom. The average molecular weight is 314 g/mol. The van der Waals surface area contributed by atoms with Crippen molar-refractivity contribution in [2.45, 2.75) is 26.3 Å². The van der Waals surface area contributed by atoms with E-state index >= 15 is 0 Å². The summed E-state index contributed by atoms with van der Waals surface area (Å²) >= 11 is 0. The summed E-state index contributed by atoms with van der Waals surface area (Å²) in [6.45, 7) is 4.22. The molecular formula is C18H22N2O3. The first-order valence-electron chi connectivity index (χ1n) is 7.64. The van der Waals surface area contributed by atoms with Crippen LogP contribution in [0.2, 0.25) is 0 Å². The van der Waals surface area contributed by atoms with E-state index in [9.17, 15) is 9.59 Å². The van der Waals surface area contributed by atoms with Gasteiger partial charge in [-0.15, -0.1) is 0 Å². The number of esters is 1. The number of benzene rings is 1. The number of nitrogens with zero attached hydrogens (tertiary/aromatic N) is 2. The molecule has 5 nitrogen and oxygen atoms in total. The Balaban J connectivity index is 2.11. The molecule has 1 heterocycles. The van der Waals surface area contributed by atoms with Crippen LogP contribution in [0.15, 0.2) is 48.8 Å². The molecule has 0 fully saturated rings. The van der Waals surface area contributed by atoms with Gasteiger partial charge in [-0.05, 0) is 50.2 Å². The van der Waals surface area contributed by atoms with E-state index in [2.05, 4.69) is 4.74 Å². The van der Waals surface area contributed by atoms with Crippen molar-refractivity contribution in [1.82, 2.24) is 9.47 Å². The van der Waals surface area contributed by atoms with Crippen molar-refractivity contribution >= 4 is 11.9 Å². The highest BCUT2D eigenvalue weighted by molar-refractivity contribution is 5.94. The van der Waals surface area contributed by atoms with Crippen LogP contribution in [0, 0.1) is 0 Å². The summed E-state index contributed by atoms with van der Waals surface area (Å²) in [6.07, 6.45) is 4.10. The molecule has 122 valence electrons. The summed E-state index contributed by atoms with van der Waals surface area (Å²) in [4.78, 5) is 25.6. The summed E-state index contributed by atoms with van der Waals surface area (Å²) in [5, 5.41) is 0. The second-order valence-corrected chi connectivity index (χ2v) is 5.56. The third-order valence-corrected chi connectivity index (χ3v) is 3.69. The van der Waals surface area contributed by atoms with E-state index in [4.69, 9.17) is 0 Å². The topological polar surface area (TPSA) is 51.5 Å². The highest BCUT2D eigenvalue weighted by Gasteiger charge is 2.19. The van der Waals surface area contributed by atoms with Crippen LogP contribution >= 0.6 is 0 Å². The van der Waals surface area contributed by atoms with Gasteiger partial charge < -0.3 is 14.2 Å². The second kappa shape index (κ2) is 7.63. The Bertz CT molecular complexity index is 645. The molecule has 2 rings (SSSR count). The zero-order valence-electron chi connectivity index (χ0n) is 13.7. The Morgan fingerprint density at radius 2 is 1.74 bits per heavy atom. The fourth-order valence-corrected chi connectivity index (χ4v) is 2.36. The minimum Gasteiger partial charge on any atom is -0.469 e. The molecule has 0 unspecified atom stereocenters. The minimum absolute atomic E-state index is 0.0104. The summed E-state index contributed by atoms with van der Waals surface area (Å²) in [6, 6.07) is 11.4. The third-order valence-electron chi connectivity index (χ3n) is 3.69. The Hall–Kier alpha value is -2.56. The van der Waals surface area contributed by atoms with Gasteiger partial charge in [-0.25, -0.2) is 0 Å². The standard InChI is InChI=1S/C18H22N2O3/c1-14(2)20(13-10-17(21)23-3)18(22)15-6-8-16(9-7-15)19-11-4-5-12-19/h4-9,11-12,14H,10,13H2,1-3H3. The van der Waals surface area contributed by atoms with Crippen molar-refractivity contribution in [3.8, 4) is 5.69 Å². The van der Waals surface area contributed by atoms with E-state index in [1.54, 1.807) is 4.90 Å². The van der Waals surface area contributed by atoms with Gasteiger partial charge in [0, 0.05) is 36.2 Å². The summed E-state index contributed by atoms with van der Waals surface area (Å²) < 4.78 is 6.62. The lowest BCUT2D eigenvalue weighted by Gasteiger charge is -2.26. The van der Waals surface area contributed by atoms with Crippen molar-refractivity contribution in [3.05, 3.63) is 54.4 Å². The Kier molecular flexibility index (Phi) is 5.57. The number of carbonyl (C=O) groups excluding carboxylic acids is 2.